The van der Waals surface area contributed by atoms with E-state index in [2.05, 4.69) is 15.6 Å². The summed E-state index contributed by atoms with van der Waals surface area (Å²) in [5, 5.41) is 17.6. The van der Waals surface area contributed by atoms with E-state index in [1.807, 2.05) is 6.07 Å². The number of halogens is 1. The Balaban J connectivity index is 1.28. The van der Waals surface area contributed by atoms with E-state index in [0.29, 0.717) is 6.61 Å². The molecule has 30 heavy (non-hydrogen) atoms. The molecular formula is C23H28FN3O2S. The molecule has 0 unspecified atom stereocenters. The van der Waals surface area contributed by atoms with Crippen molar-refractivity contribution in [3.05, 3.63) is 48.3 Å². The highest BCUT2D eigenvalue weighted by Crippen LogP contribution is 2.36. The van der Waals surface area contributed by atoms with Gasteiger partial charge in [0.2, 0.25) is 0 Å². The first-order chi connectivity index (χ1) is 14.6. The normalized spacial score (nSPS) is 15.9. The van der Waals surface area contributed by atoms with Crippen LogP contribution in [0.2, 0.25) is 0 Å². The van der Waals surface area contributed by atoms with Crippen LogP contribution in [0.1, 0.15) is 32.1 Å². The molecule has 3 aromatic rings. The third-order valence-electron chi connectivity index (χ3n) is 5.83. The summed E-state index contributed by atoms with van der Waals surface area (Å²) in [5.41, 5.74) is 1.08. The van der Waals surface area contributed by atoms with E-state index in [4.69, 9.17) is 4.74 Å². The summed E-state index contributed by atoms with van der Waals surface area (Å²) in [5.74, 6) is 0.723. The number of nitrogens with one attached hydrogen (secondary N) is 2. The molecule has 0 saturated carbocycles. The van der Waals surface area contributed by atoms with Gasteiger partial charge in [-0.15, -0.1) is 0 Å². The van der Waals surface area contributed by atoms with Gasteiger partial charge in [-0.2, -0.15) is 0 Å². The van der Waals surface area contributed by atoms with Crippen molar-refractivity contribution in [2.75, 3.05) is 31.6 Å². The van der Waals surface area contributed by atoms with Gasteiger partial charge in [-0.25, -0.2) is 9.37 Å². The number of benzene rings is 2. The lowest BCUT2D eigenvalue weighted by atomic mass is 9.75. The Hall–Kier alpha value is -2.38. The van der Waals surface area contributed by atoms with E-state index in [9.17, 15) is 9.50 Å². The van der Waals surface area contributed by atoms with E-state index >= 15 is 0 Å². The third-order valence-corrected chi connectivity index (χ3v) is 6.83. The van der Waals surface area contributed by atoms with Crippen molar-refractivity contribution in [3.8, 4) is 11.5 Å². The van der Waals surface area contributed by atoms with Gasteiger partial charge in [-0.3, -0.25) is 0 Å². The van der Waals surface area contributed by atoms with Gasteiger partial charge < -0.3 is 20.5 Å². The Morgan fingerprint density at radius 3 is 2.73 bits per heavy atom. The summed E-state index contributed by atoms with van der Waals surface area (Å²) < 4.78 is 19.8. The summed E-state index contributed by atoms with van der Waals surface area (Å²) in [6, 6.07) is 11.5. The zero-order chi connectivity index (χ0) is 20.8. The number of piperidine rings is 1. The average molecular weight is 430 g/mol. The smallest absolute Gasteiger partial charge is 0.183 e. The summed E-state index contributed by atoms with van der Waals surface area (Å²) in [6.07, 6.45) is 5.50. The van der Waals surface area contributed by atoms with Crippen LogP contribution in [0.25, 0.3) is 10.2 Å². The Labute approximate surface area is 180 Å². The number of aromatic nitrogens is 1. The molecule has 2 heterocycles. The Bertz CT molecular complexity index is 955. The van der Waals surface area contributed by atoms with E-state index in [0.717, 1.165) is 72.8 Å². The minimum absolute atomic E-state index is 0.243. The second kappa shape index (κ2) is 9.62. The zero-order valence-corrected chi connectivity index (χ0v) is 17.8. The first kappa shape index (κ1) is 20.9. The molecule has 0 amide bonds. The third kappa shape index (κ3) is 5.40. The van der Waals surface area contributed by atoms with Crippen molar-refractivity contribution in [1.82, 2.24) is 10.3 Å². The molecule has 1 fully saturated rings. The lowest BCUT2D eigenvalue weighted by molar-refractivity contribution is 0.188. The molecule has 1 saturated heterocycles. The fourth-order valence-corrected chi connectivity index (χ4v) is 4.89. The molecule has 0 atom stereocenters. The molecule has 0 aliphatic carbocycles. The number of anilines is 1. The van der Waals surface area contributed by atoms with Gasteiger partial charge in [-0.1, -0.05) is 11.3 Å². The maximum absolute atomic E-state index is 13.0. The van der Waals surface area contributed by atoms with E-state index < -0.39 is 0 Å². The Morgan fingerprint density at radius 1 is 1.13 bits per heavy atom. The molecule has 3 N–H and O–H groups in total. The molecule has 1 aliphatic heterocycles. The fourth-order valence-electron chi connectivity index (χ4n) is 4.05. The largest absolute Gasteiger partial charge is 0.508 e. The lowest BCUT2D eigenvalue weighted by Crippen LogP contribution is -2.41. The van der Waals surface area contributed by atoms with Crippen LogP contribution in [0.15, 0.2) is 42.5 Å². The second-order valence-electron chi connectivity index (χ2n) is 8.03. The van der Waals surface area contributed by atoms with Crippen LogP contribution in [-0.4, -0.2) is 36.3 Å². The minimum atomic E-state index is -0.243. The molecule has 2 aromatic carbocycles. The van der Waals surface area contributed by atoms with Crippen LogP contribution in [-0.2, 0) is 0 Å². The number of phenols is 1. The van der Waals surface area contributed by atoms with E-state index in [-0.39, 0.29) is 17.0 Å². The van der Waals surface area contributed by atoms with Gasteiger partial charge in [0, 0.05) is 12.6 Å². The van der Waals surface area contributed by atoms with Crippen molar-refractivity contribution in [3.63, 3.8) is 0 Å². The quantitative estimate of drug-likeness (QED) is 0.410. The standard InChI is InChI=1S/C23H28FN3O2S/c24-17-3-6-19(7-4-17)29-14-2-1-9-23(10-12-25-13-11-23)16-26-22-27-20-15-18(28)5-8-21(20)30-22/h3-8,15,25,28H,1-2,9-14,16H2,(H,26,27). The minimum Gasteiger partial charge on any atom is -0.508 e. The number of rotatable bonds is 9. The first-order valence-electron chi connectivity index (χ1n) is 10.5. The van der Waals surface area contributed by atoms with E-state index in [1.54, 1.807) is 35.6 Å². The Kier molecular flexibility index (Phi) is 6.69. The molecule has 4 rings (SSSR count). The number of aromatic hydroxyl groups is 1. The molecule has 5 nitrogen and oxygen atoms in total. The van der Waals surface area contributed by atoms with E-state index in [1.165, 1.54) is 12.1 Å². The zero-order valence-electron chi connectivity index (χ0n) is 17.0. The monoisotopic (exact) mass is 429 g/mol. The predicted octanol–water partition coefficient (Wildman–Crippen LogP) is 5.17. The lowest BCUT2D eigenvalue weighted by Gasteiger charge is -2.38. The van der Waals surface area contributed by atoms with Crippen LogP contribution in [0, 0.1) is 11.2 Å². The fraction of sp³-hybridized carbons (Fsp3) is 0.435. The summed E-state index contributed by atoms with van der Waals surface area (Å²) in [4.78, 5) is 4.62. The highest BCUT2D eigenvalue weighted by Gasteiger charge is 2.31. The average Bonchev–Trinajstić information content (AvgIpc) is 3.16. The number of hydrogen-bond donors (Lipinski definition) is 3. The highest BCUT2D eigenvalue weighted by molar-refractivity contribution is 7.22. The summed E-state index contributed by atoms with van der Waals surface area (Å²) in [6.45, 7) is 3.64. The number of thiazole rings is 1. The number of phenolic OH excluding ortho intramolecular Hbond substituents is 1. The molecule has 1 aliphatic rings. The molecule has 160 valence electrons. The first-order valence-corrected chi connectivity index (χ1v) is 11.4. The van der Waals surface area contributed by atoms with Crippen molar-refractivity contribution >= 4 is 26.7 Å². The number of nitrogens with zero attached hydrogens (tertiary/aromatic N) is 1. The number of fused-ring (bicyclic) bond motifs is 1. The van der Waals surface area contributed by atoms with Gasteiger partial charge in [0.1, 0.15) is 17.3 Å². The molecular weight excluding hydrogens is 401 g/mol. The van der Waals surface area contributed by atoms with Crippen molar-refractivity contribution < 1.29 is 14.2 Å². The SMILES string of the molecule is Oc1ccc2sc(NCC3(CCCCOc4ccc(F)cc4)CCNCC3)nc2c1. The van der Waals surface area contributed by atoms with Crippen LogP contribution >= 0.6 is 11.3 Å². The maximum atomic E-state index is 13.0. The van der Waals surface area contributed by atoms with Crippen LogP contribution in [0.5, 0.6) is 11.5 Å². The van der Waals surface area contributed by atoms with Crippen molar-refractivity contribution in [2.24, 2.45) is 5.41 Å². The summed E-state index contributed by atoms with van der Waals surface area (Å²) in [7, 11) is 0. The number of unbranched alkanes of at least 4 members (excludes halogenated alkanes) is 1. The second-order valence-corrected chi connectivity index (χ2v) is 9.06. The van der Waals surface area contributed by atoms with Gasteiger partial charge in [-0.05, 0) is 87.0 Å². The van der Waals surface area contributed by atoms with Gasteiger partial charge in [0.15, 0.2) is 5.13 Å². The van der Waals surface area contributed by atoms with Gasteiger partial charge in [0.25, 0.3) is 0 Å². The predicted molar refractivity (Wildman–Crippen MR) is 120 cm³/mol. The topological polar surface area (TPSA) is 66.4 Å². The van der Waals surface area contributed by atoms with Crippen molar-refractivity contribution in [2.45, 2.75) is 32.1 Å². The van der Waals surface area contributed by atoms with Crippen LogP contribution in [0.3, 0.4) is 0 Å². The van der Waals surface area contributed by atoms with Crippen LogP contribution in [0.4, 0.5) is 9.52 Å². The van der Waals surface area contributed by atoms with Crippen LogP contribution < -0.4 is 15.4 Å². The molecule has 0 radical (unpaired) electrons. The van der Waals surface area contributed by atoms with Gasteiger partial charge in [0.05, 0.1) is 16.8 Å². The number of ether oxygens (including phenoxy) is 1. The Morgan fingerprint density at radius 2 is 1.93 bits per heavy atom. The molecule has 7 heteroatoms. The summed E-state index contributed by atoms with van der Waals surface area (Å²) >= 11 is 1.63. The van der Waals surface area contributed by atoms with Crippen molar-refractivity contribution in [1.29, 1.82) is 0 Å². The maximum Gasteiger partial charge on any atom is 0.183 e. The molecule has 1 aromatic heterocycles. The van der Waals surface area contributed by atoms with Gasteiger partial charge >= 0.3 is 0 Å². The highest BCUT2D eigenvalue weighted by atomic mass is 32.1. The molecule has 0 spiro atoms. The number of hydrogen-bond acceptors (Lipinski definition) is 6. The molecule has 0 bridgehead atoms.